The normalized spacial score (nSPS) is 24.6. The fourth-order valence-corrected chi connectivity index (χ4v) is 9.52. The smallest absolute Gasteiger partial charge is 0.239 e. The summed E-state index contributed by atoms with van der Waals surface area (Å²) in [6.45, 7) is 2.13. The van der Waals surface area contributed by atoms with Crippen molar-refractivity contribution < 1.29 is 4.79 Å². The first-order valence-corrected chi connectivity index (χ1v) is 9.56. The van der Waals surface area contributed by atoms with Crippen LogP contribution in [0, 0.1) is 0 Å². The lowest BCUT2D eigenvalue weighted by Crippen LogP contribution is -2.08. The van der Waals surface area contributed by atoms with E-state index in [2.05, 4.69) is 46.6 Å². The molecule has 0 spiro atoms. The van der Waals surface area contributed by atoms with Gasteiger partial charge in [-0.25, -0.2) is 4.79 Å². The Morgan fingerprint density at radius 2 is 2.06 bits per heavy atom. The summed E-state index contributed by atoms with van der Waals surface area (Å²) < 4.78 is 1.09. The van der Waals surface area contributed by atoms with E-state index in [4.69, 9.17) is 0 Å². The van der Waals surface area contributed by atoms with Crippen LogP contribution < -0.4 is 5.30 Å². The Bertz CT molecular complexity index is 768. The highest BCUT2D eigenvalue weighted by molar-refractivity contribution is 9.15. The van der Waals surface area contributed by atoms with Crippen molar-refractivity contribution in [2.75, 3.05) is 6.66 Å². The van der Waals surface area contributed by atoms with E-state index >= 15 is 0 Å². The predicted molar refractivity (Wildman–Crippen MR) is 84.6 cm³/mol. The van der Waals surface area contributed by atoms with Crippen molar-refractivity contribution in [3.8, 4) is 0 Å². The van der Waals surface area contributed by atoms with Crippen molar-refractivity contribution in [1.29, 1.82) is 0 Å². The van der Waals surface area contributed by atoms with Crippen molar-refractivity contribution in [3.05, 3.63) is 41.7 Å². The Morgan fingerprint density at radius 3 is 2.89 bits per heavy atom. The maximum absolute atomic E-state index is 12.4. The maximum atomic E-state index is 12.4. The highest BCUT2D eigenvalue weighted by Crippen LogP contribution is 2.72. The Kier molecular flexibility index (Phi) is 2.16. The van der Waals surface area contributed by atoms with Crippen LogP contribution in [0.1, 0.15) is 5.56 Å². The average Bonchev–Trinajstić information content (AvgIpc) is 2.76. The van der Waals surface area contributed by atoms with Crippen LogP contribution in [0.4, 0.5) is 4.79 Å². The van der Waals surface area contributed by atoms with Gasteiger partial charge in [0.2, 0.25) is 0 Å². The molecule has 0 N–H and O–H groups in total. The van der Waals surface area contributed by atoms with Gasteiger partial charge in [0.15, 0.2) is 7.26 Å². The molecule has 2 aliphatic heterocycles. The van der Waals surface area contributed by atoms with Crippen LogP contribution >= 0.6 is 35.0 Å². The molecule has 4 rings (SSSR count). The molecule has 2 aliphatic rings. The van der Waals surface area contributed by atoms with Gasteiger partial charge in [-0.3, -0.25) is 0 Å². The van der Waals surface area contributed by atoms with Gasteiger partial charge in [-0.15, -0.1) is 0 Å². The van der Waals surface area contributed by atoms with Gasteiger partial charge in [0.1, 0.15) is 5.30 Å². The third-order valence-electron chi connectivity index (χ3n) is 3.64. The maximum Gasteiger partial charge on any atom is 0.338 e. The molecular weight excluding hydrogens is 327 g/mol. The molecule has 2 aromatic rings. The van der Waals surface area contributed by atoms with Crippen LogP contribution in [0.5, 0.6) is 0 Å². The van der Waals surface area contributed by atoms with E-state index in [-0.39, 0.29) is 0 Å². The highest BCUT2D eigenvalue weighted by Gasteiger charge is 2.56. The molecule has 1 atom stereocenters. The molecule has 88 valence electrons. The van der Waals surface area contributed by atoms with Crippen LogP contribution in [-0.4, -0.2) is 11.5 Å². The van der Waals surface area contributed by atoms with E-state index in [0.717, 1.165) is 4.48 Å². The van der Waals surface area contributed by atoms with E-state index in [1.54, 1.807) is 0 Å². The molecule has 0 bridgehead atoms. The SMILES string of the molecule is C[P+]12C=C(Br)c3cc4ccccc4c(c31)SC2=O. The van der Waals surface area contributed by atoms with Crippen LogP contribution in [0.15, 0.2) is 41.0 Å². The van der Waals surface area contributed by atoms with E-state index in [1.165, 1.54) is 38.3 Å². The van der Waals surface area contributed by atoms with Crippen molar-refractivity contribution in [3.63, 3.8) is 0 Å². The second-order valence-electron chi connectivity index (χ2n) is 4.74. The number of carbonyl (C=O) groups is 1. The number of hydrogen-bond acceptors (Lipinski definition) is 2. The standard InChI is InChI=1S/C14H9BrOPS/c1-17-7-11(15)10-6-8-4-2-3-5-9(8)13(12(10)17)18-14(17)16/h2-7H,1H3/q+1. The van der Waals surface area contributed by atoms with Gasteiger partial charge in [0.25, 0.3) is 0 Å². The number of hydrogen-bond donors (Lipinski definition) is 0. The molecule has 4 heteroatoms. The van der Waals surface area contributed by atoms with E-state index in [9.17, 15) is 4.79 Å². The molecule has 0 saturated carbocycles. The van der Waals surface area contributed by atoms with Crippen LogP contribution in [-0.2, 0) is 0 Å². The highest BCUT2D eigenvalue weighted by atomic mass is 79.9. The van der Waals surface area contributed by atoms with Crippen molar-refractivity contribution in [2.24, 2.45) is 0 Å². The first-order valence-electron chi connectivity index (χ1n) is 5.65. The molecule has 0 fully saturated rings. The van der Waals surface area contributed by atoms with Crippen LogP contribution in [0.2, 0.25) is 0 Å². The second kappa shape index (κ2) is 3.47. The van der Waals surface area contributed by atoms with Crippen molar-refractivity contribution >= 4 is 60.4 Å². The summed E-state index contributed by atoms with van der Waals surface area (Å²) in [5.41, 5.74) is 1.22. The molecule has 2 heterocycles. The van der Waals surface area contributed by atoms with E-state index < -0.39 is 7.26 Å². The average molecular weight is 336 g/mol. The molecule has 1 unspecified atom stereocenters. The first kappa shape index (κ1) is 11.2. The Morgan fingerprint density at radius 1 is 1.28 bits per heavy atom. The monoisotopic (exact) mass is 335 g/mol. The minimum absolute atomic E-state index is 0.338. The molecule has 0 aliphatic carbocycles. The molecule has 0 amide bonds. The van der Waals surface area contributed by atoms with Crippen LogP contribution in [0.3, 0.4) is 0 Å². The fourth-order valence-electron chi connectivity index (χ4n) is 2.74. The van der Waals surface area contributed by atoms with Gasteiger partial charge in [-0.05, 0) is 44.5 Å². The lowest BCUT2D eigenvalue weighted by Gasteiger charge is -2.07. The van der Waals surface area contributed by atoms with Gasteiger partial charge in [-0.1, -0.05) is 24.3 Å². The van der Waals surface area contributed by atoms with Crippen molar-refractivity contribution in [2.45, 2.75) is 4.90 Å². The molecule has 1 nitrogen and oxygen atoms in total. The summed E-state index contributed by atoms with van der Waals surface area (Å²) in [6.07, 6.45) is 0. The van der Waals surface area contributed by atoms with Gasteiger partial charge in [-0.2, -0.15) is 0 Å². The summed E-state index contributed by atoms with van der Waals surface area (Å²) >= 11 is 5.06. The van der Waals surface area contributed by atoms with E-state index in [0.29, 0.717) is 4.86 Å². The molecule has 18 heavy (non-hydrogen) atoms. The molecule has 2 aromatic carbocycles. The fraction of sp³-hybridized carbons (Fsp3) is 0.0714. The number of fused-ring (bicyclic) bond motifs is 2. The summed E-state index contributed by atoms with van der Waals surface area (Å²) in [7, 11) is -1.73. The number of carbonyl (C=O) groups excluding carboxylic acids is 1. The topological polar surface area (TPSA) is 17.1 Å². The Balaban J connectivity index is 2.23. The Hall–Kier alpha value is -0.630. The lowest BCUT2D eigenvalue weighted by molar-refractivity contribution is 0.276. The minimum Gasteiger partial charge on any atom is -0.239 e. The second-order valence-corrected chi connectivity index (χ2v) is 10.1. The van der Waals surface area contributed by atoms with Gasteiger partial charge in [0, 0.05) is 5.56 Å². The van der Waals surface area contributed by atoms with Crippen molar-refractivity contribution in [1.82, 2.24) is 0 Å². The summed E-state index contributed by atoms with van der Waals surface area (Å²) in [6, 6.07) is 10.5. The molecule has 0 aromatic heterocycles. The quantitative estimate of drug-likeness (QED) is 0.627. The molecule has 0 radical (unpaired) electrons. The van der Waals surface area contributed by atoms with E-state index in [1.807, 2.05) is 12.1 Å². The summed E-state index contributed by atoms with van der Waals surface area (Å²) in [5, 5.41) is 3.73. The zero-order valence-electron chi connectivity index (χ0n) is 9.61. The van der Waals surface area contributed by atoms with Gasteiger partial charge < -0.3 is 0 Å². The zero-order chi connectivity index (χ0) is 12.5. The number of benzene rings is 2. The first-order chi connectivity index (χ1) is 8.61. The molecule has 0 saturated heterocycles. The number of halogens is 1. The summed E-state index contributed by atoms with van der Waals surface area (Å²) in [5.74, 6) is 2.16. The third kappa shape index (κ3) is 1.20. The number of thioether (sulfide) groups is 1. The molecular formula is C14H9BrOPS+. The largest absolute Gasteiger partial charge is 0.338 e. The van der Waals surface area contributed by atoms with Crippen LogP contribution in [0.25, 0.3) is 15.3 Å². The van der Waals surface area contributed by atoms with Gasteiger partial charge in [0.05, 0.1) is 21.9 Å². The van der Waals surface area contributed by atoms with Gasteiger partial charge >= 0.3 is 4.86 Å². The minimum atomic E-state index is -1.73. The number of rotatable bonds is 0. The lowest BCUT2D eigenvalue weighted by atomic mass is 10.1. The Labute approximate surface area is 118 Å². The summed E-state index contributed by atoms with van der Waals surface area (Å²) in [4.78, 5) is 13.9. The predicted octanol–water partition coefficient (Wildman–Crippen LogP) is 5.05. The zero-order valence-corrected chi connectivity index (χ0v) is 12.9. The third-order valence-corrected chi connectivity index (χ3v) is 9.94.